The summed E-state index contributed by atoms with van der Waals surface area (Å²) in [5.74, 6) is 0.589. The van der Waals surface area contributed by atoms with Crippen molar-refractivity contribution in [3.05, 3.63) is 47.8 Å². The van der Waals surface area contributed by atoms with Gasteiger partial charge in [0.1, 0.15) is 5.75 Å². The zero-order valence-corrected chi connectivity index (χ0v) is 17.1. The summed E-state index contributed by atoms with van der Waals surface area (Å²) >= 11 is 0. The molecule has 1 aromatic heterocycles. The number of aromatic amines is 1. The number of methoxy groups -OCH3 is 1. The molecule has 0 radical (unpaired) electrons. The normalized spacial score (nSPS) is 19.0. The number of nitrogens with zero attached hydrogens (tertiary/aromatic N) is 2. The van der Waals surface area contributed by atoms with Gasteiger partial charge in [-0.15, -0.1) is 0 Å². The van der Waals surface area contributed by atoms with Crippen LogP contribution in [0.5, 0.6) is 5.75 Å². The minimum absolute atomic E-state index is 0.0604. The van der Waals surface area contributed by atoms with E-state index < -0.39 is 5.41 Å². The lowest BCUT2D eigenvalue weighted by molar-refractivity contribution is -0.160. The van der Waals surface area contributed by atoms with Crippen LogP contribution in [0.3, 0.4) is 0 Å². The third-order valence-corrected chi connectivity index (χ3v) is 5.50. The lowest BCUT2D eigenvalue weighted by atomic mass is 9.75. The van der Waals surface area contributed by atoms with E-state index in [1.54, 1.807) is 19.5 Å². The predicted octanol–water partition coefficient (Wildman–Crippen LogP) is 2.77. The largest absolute Gasteiger partial charge is 0.497 e. The van der Waals surface area contributed by atoms with Crippen molar-refractivity contribution < 1.29 is 19.1 Å². The van der Waals surface area contributed by atoms with E-state index in [4.69, 9.17) is 9.47 Å². The minimum Gasteiger partial charge on any atom is -0.497 e. The van der Waals surface area contributed by atoms with Crippen LogP contribution in [-0.2, 0) is 27.2 Å². The standard InChI is InChI=1S/C22H29N3O4/c1-3-29-21(27)22(13-17-6-4-7-19(12-17)28-2)10-5-11-25(16-22)20(26)9-8-18-14-23-24-15-18/h4,6-7,12,14-15H,3,5,8-11,13,16H2,1-2H3,(H,23,24)/t22-/m1/s1. The van der Waals surface area contributed by atoms with Crippen LogP contribution in [-0.4, -0.2) is 53.8 Å². The summed E-state index contributed by atoms with van der Waals surface area (Å²) in [6, 6.07) is 7.74. The molecule has 3 rings (SSSR count). The molecule has 29 heavy (non-hydrogen) atoms. The van der Waals surface area contributed by atoms with Crippen LogP contribution >= 0.6 is 0 Å². The number of likely N-dealkylation sites (tertiary alicyclic amines) is 1. The smallest absolute Gasteiger partial charge is 0.314 e. The SMILES string of the molecule is CCOC(=O)[C@@]1(Cc2cccc(OC)c2)CCCN(C(=O)CCc2cn[nH]c2)C1. The first-order chi connectivity index (χ1) is 14.1. The second-order valence-electron chi connectivity index (χ2n) is 7.55. The first kappa shape index (κ1) is 20.9. The monoisotopic (exact) mass is 399 g/mol. The lowest BCUT2D eigenvalue weighted by Crippen LogP contribution is -2.51. The summed E-state index contributed by atoms with van der Waals surface area (Å²) in [6.07, 6.45) is 6.57. The topological polar surface area (TPSA) is 84.5 Å². The number of rotatable bonds is 8. The number of aromatic nitrogens is 2. The molecule has 0 bridgehead atoms. The number of esters is 1. The van der Waals surface area contributed by atoms with Crippen molar-refractivity contribution in [3.8, 4) is 5.75 Å². The number of hydrogen-bond acceptors (Lipinski definition) is 5. The van der Waals surface area contributed by atoms with Crippen LogP contribution in [0.15, 0.2) is 36.7 Å². The zero-order valence-electron chi connectivity index (χ0n) is 17.1. The molecule has 1 aliphatic heterocycles. The molecule has 1 aromatic carbocycles. The van der Waals surface area contributed by atoms with Crippen molar-refractivity contribution >= 4 is 11.9 Å². The third kappa shape index (κ3) is 5.16. The van der Waals surface area contributed by atoms with E-state index in [1.165, 1.54) is 0 Å². The average molecular weight is 399 g/mol. The number of ether oxygens (including phenoxy) is 2. The van der Waals surface area contributed by atoms with Crippen LogP contribution in [0.2, 0.25) is 0 Å². The number of H-pyrrole nitrogens is 1. The highest BCUT2D eigenvalue weighted by atomic mass is 16.5. The maximum absolute atomic E-state index is 13.0. The van der Waals surface area contributed by atoms with Crippen LogP contribution < -0.4 is 4.74 Å². The highest BCUT2D eigenvalue weighted by Gasteiger charge is 2.44. The second-order valence-corrected chi connectivity index (χ2v) is 7.55. The number of amides is 1. The van der Waals surface area contributed by atoms with E-state index in [0.29, 0.717) is 45.4 Å². The number of piperidine rings is 1. The highest BCUT2D eigenvalue weighted by molar-refractivity contribution is 5.81. The Morgan fingerprint density at radius 2 is 2.17 bits per heavy atom. The quantitative estimate of drug-likeness (QED) is 0.690. The number of carbonyl (C=O) groups excluding carboxylic acids is 2. The van der Waals surface area contributed by atoms with Crippen LogP contribution in [0.25, 0.3) is 0 Å². The van der Waals surface area contributed by atoms with Gasteiger partial charge in [-0.25, -0.2) is 0 Å². The van der Waals surface area contributed by atoms with Gasteiger partial charge in [0.15, 0.2) is 0 Å². The highest BCUT2D eigenvalue weighted by Crippen LogP contribution is 2.36. The number of nitrogens with one attached hydrogen (secondary N) is 1. The molecule has 0 unspecified atom stereocenters. The van der Waals surface area contributed by atoms with Crippen molar-refractivity contribution in [2.75, 3.05) is 26.8 Å². The molecule has 156 valence electrons. The molecular weight excluding hydrogens is 370 g/mol. The maximum Gasteiger partial charge on any atom is 0.314 e. The minimum atomic E-state index is -0.730. The Hall–Kier alpha value is -2.83. The van der Waals surface area contributed by atoms with Crippen molar-refractivity contribution in [3.63, 3.8) is 0 Å². The Kier molecular flexibility index (Phi) is 6.90. The maximum atomic E-state index is 13.0. The number of carbonyl (C=O) groups is 2. The fourth-order valence-electron chi connectivity index (χ4n) is 4.01. The Morgan fingerprint density at radius 3 is 2.90 bits per heavy atom. The summed E-state index contributed by atoms with van der Waals surface area (Å²) in [5.41, 5.74) is 1.28. The molecule has 2 aromatic rings. The van der Waals surface area contributed by atoms with Gasteiger partial charge in [-0.1, -0.05) is 12.1 Å². The van der Waals surface area contributed by atoms with Crippen LogP contribution in [0.4, 0.5) is 0 Å². The number of benzene rings is 1. The van der Waals surface area contributed by atoms with Crippen LogP contribution in [0, 0.1) is 5.41 Å². The van der Waals surface area contributed by atoms with Gasteiger partial charge < -0.3 is 14.4 Å². The summed E-state index contributed by atoms with van der Waals surface area (Å²) in [4.78, 5) is 27.6. The molecule has 0 saturated carbocycles. The average Bonchev–Trinajstić information content (AvgIpc) is 3.26. The fourth-order valence-corrected chi connectivity index (χ4v) is 4.01. The van der Waals surface area contributed by atoms with Gasteiger partial charge in [0.05, 0.1) is 25.3 Å². The van der Waals surface area contributed by atoms with E-state index in [2.05, 4.69) is 10.2 Å². The van der Waals surface area contributed by atoms with Gasteiger partial charge in [-0.05, 0) is 55.9 Å². The number of hydrogen-bond donors (Lipinski definition) is 1. The molecule has 7 heteroatoms. The van der Waals surface area contributed by atoms with Crippen LogP contribution in [0.1, 0.15) is 37.3 Å². The fraction of sp³-hybridized carbons (Fsp3) is 0.500. The Bertz CT molecular complexity index is 821. The van der Waals surface area contributed by atoms with E-state index in [-0.39, 0.29) is 11.9 Å². The molecule has 1 fully saturated rings. The molecule has 1 amide bonds. The Balaban J connectivity index is 1.75. The van der Waals surface area contributed by atoms with E-state index >= 15 is 0 Å². The van der Waals surface area contributed by atoms with Gasteiger partial charge in [0.25, 0.3) is 0 Å². The van der Waals surface area contributed by atoms with E-state index in [1.807, 2.05) is 36.1 Å². The Labute approximate surface area is 171 Å². The van der Waals surface area contributed by atoms with E-state index in [0.717, 1.165) is 23.3 Å². The second kappa shape index (κ2) is 9.58. The summed E-state index contributed by atoms with van der Waals surface area (Å²) < 4.78 is 10.8. The van der Waals surface area contributed by atoms with Crippen molar-refractivity contribution in [1.82, 2.24) is 15.1 Å². The lowest BCUT2D eigenvalue weighted by Gasteiger charge is -2.41. The first-order valence-corrected chi connectivity index (χ1v) is 10.1. The molecule has 1 atom stereocenters. The molecule has 1 saturated heterocycles. The molecule has 1 N–H and O–H groups in total. The summed E-state index contributed by atoms with van der Waals surface area (Å²) in [5, 5.41) is 6.68. The van der Waals surface area contributed by atoms with E-state index in [9.17, 15) is 9.59 Å². The molecule has 2 heterocycles. The predicted molar refractivity (Wildman–Crippen MR) is 108 cm³/mol. The summed E-state index contributed by atoms with van der Waals surface area (Å²) in [7, 11) is 1.63. The van der Waals surface area contributed by atoms with Gasteiger partial charge >= 0.3 is 5.97 Å². The van der Waals surface area contributed by atoms with Crippen molar-refractivity contribution in [2.45, 2.75) is 39.0 Å². The molecular formula is C22H29N3O4. The Morgan fingerprint density at radius 1 is 1.31 bits per heavy atom. The van der Waals surface area contributed by atoms with Gasteiger partial charge in [-0.3, -0.25) is 14.7 Å². The van der Waals surface area contributed by atoms with Gasteiger partial charge in [0, 0.05) is 25.7 Å². The first-order valence-electron chi connectivity index (χ1n) is 10.1. The summed E-state index contributed by atoms with van der Waals surface area (Å²) in [6.45, 7) is 3.19. The van der Waals surface area contributed by atoms with Gasteiger partial charge in [-0.2, -0.15) is 5.10 Å². The zero-order chi connectivity index (χ0) is 20.7. The number of aryl methyl sites for hydroxylation is 1. The van der Waals surface area contributed by atoms with Crippen molar-refractivity contribution in [2.24, 2.45) is 5.41 Å². The van der Waals surface area contributed by atoms with Gasteiger partial charge in [0.2, 0.25) is 5.91 Å². The third-order valence-electron chi connectivity index (χ3n) is 5.50. The van der Waals surface area contributed by atoms with Crippen molar-refractivity contribution in [1.29, 1.82) is 0 Å². The molecule has 1 aliphatic rings. The molecule has 7 nitrogen and oxygen atoms in total. The molecule has 0 spiro atoms. The molecule has 0 aliphatic carbocycles.